The van der Waals surface area contributed by atoms with Crippen LogP contribution in [0, 0.1) is 5.82 Å². The molecule has 2 N–H and O–H groups in total. The Labute approximate surface area is 146 Å². The second kappa shape index (κ2) is 7.25. The van der Waals surface area contributed by atoms with Crippen LogP contribution in [0.5, 0.6) is 5.75 Å². The van der Waals surface area contributed by atoms with Gasteiger partial charge in [-0.3, -0.25) is 0 Å². The summed E-state index contributed by atoms with van der Waals surface area (Å²) in [7, 11) is 0. The number of aromatic nitrogens is 1. The first-order chi connectivity index (χ1) is 11.6. The van der Waals surface area contributed by atoms with Crippen molar-refractivity contribution in [2.75, 3.05) is 13.2 Å². The second-order valence-corrected chi connectivity index (χ2v) is 6.50. The maximum atomic E-state index is 14.2. The molecule has 0 radical (unpaired) electrons. The molecule has 1 heterocycles. The summed E-state index contributed by atoms with van der Waals surface area (Å²) in [5.41, 5.74) is 7.03. The molecule has 24 heavy (non-hydrogen) atoms. The number of thiazole rings is 1. The van der Waals surface area contributed by atoms with Crippen LogP contribution < -0.4 is 10.5 Å². The van der Waals surface area contributed by atoms with Crippen molar-refractivity contribution in [3.8, 4) is 16.3 Å². The molecule has 7 heteroatoms. The molecule has 0 saturated heterocycles. The fourth-order valence-electron chi connectivity index (χ4n) is 2.08. The fraction of sp³-hybridized carbons (Fsp3) is 0.118. The van der Waals surface area contributed by atoms with E-state index in [4.69, 9.17) is 22.1 Å². The number of hydrogen-bond donors (Lipinski definition) is 1. The van der Waals surface area contributed by atoms with E-state index in [2.05, 4.69) is 4.98 Å². The molecule has 0 aliphatic rings. The number of rotatable bonds is 5. The Hall–Kier alpha value is -2.02. The van der Waals surface area contributed by atoms with Crippen molar-refractivity contribution in [2.24, 2.45) is 5.73 Å². The van der Waals surface area contributed by atoms with Gasteiger partial charge < -0.3 is 10.5 Å². The van der Waals surface area contributed by atoms with Crippen LogP contribution >= 0.6 is 22.9 Å². The second-order valence-electron chi connectivity index (χ2n) is 5.04. The summed E-state index contributed by atoms with van der Waals surface area (Å²) in [6.45, 7) is -0.0760. The van der Waals surface area contributed by atoms with E-state index in [1.54, 1.807) is 12.1 Å². The minimum absolute atomic E-state index is 0.0183. The molecule has 0 aliphatic heterocycles. The van der Waals surface area contributed by atoms with Gasteiger partial charge in [0.1, 0.15) is 11.6 Å². The number of fused-ring (bicyclic) bond motifs is 1. The average Bonchev–Trinajstić information content (AvgIpc) is 3.00. The number of halogens is 3. The summed E-state index contributed by atoms with van der Waals surface area (Å²) in [6, 6.07) is 9.95. The Morgan fingerprint density at radius 2 is 2.12 bits per heavy atom. The molecule has 0 unspecified atom stereocenters. The summed E-state index contributed by atoms with van der Waals surface area (Å²) in [4.78, 5) is 4.47. The smallest absolute Gasteiger partial charge is 0.165 e. The van der Waals surface area contributed by atoms with Crippen molar-refractivity contribution in [1.29, 1.82) is 0 Å². The Morgan fingerprint density at radius 3 is 2.83 bits per heavy atom. The molecular formula is C17H13ClF2N2OS. The van der Waals surface area contributed by atoms with E-state index in [0.29, 0.717) is 21.9 Å². The normalized spacial score (nSPS) is 11.9. The summed E-state index contributed by atoms with van der Waals surface area (Å²) in [5.74, 6) is -0.504. The Bertz CT molecular complexity index is 911. The molecule has 0 bridgehead atoms. The first-order valence-electron chi connectivity index (χ1n) is 7.07. The van der Waals surface area contributed by atoms with Gasteiger partial charge in [-0.25, -0.2) is 13.8 Å². The van der Waals surface area contributed by atoms with E-state index < -0.39 is 5.82 Å². The topological polar surface area (TPSA) is 48.1 Å². The minimum Gasteiger partial charge on any atom is -0.486 e. The van der Waals surface area contributed by atoms with Gasteiger partial charge in [0.15, 0.2) is 11.6 Å². The summed E-state index contributed by atoms with van der Waals surface area (Å²) in [6.07, 6.45) is 0.374. The SMILES string of the molecule is NCC(=CF)COc1ccc(-c2nc3ccc(Cl)cc3s2)cc1F. The van der Waals surface area contributed by atoms with Gasteiger partial charge in [-0.15, -0.1) is 11.3 Å². The van der Waals surface area contributed by atoms with Crippen molar-refractivity contribution < 1.29 is 13.5 Å². The average molecular weight is 367 g/mol. The molecule has 2 aromatic carbocycles. The third kappa shape index (κ3) is 3.56. The molecule has 0 spiro atoms. The zero-order chi connectivity index (χ0) is 17.1. The van der Waals surface area contributed by atoms with Gasteiger partial charge in [0.25, 0.3) is 0 Å². The van der Waals surface area contributed by atoms with Gasteiger partial charge in [0, 0.05) is 22.7 Å². The molecule has 0 atom stereocenters. The highest BCUT2D eigenvalue weighted by Gasteiger charge is 2.11. The van der Waals surface area contributed by atoms with Crippen molar-refractivity contribution in [2.45, 2.75) is 0 Å². The van der Waals surface area contributed by atoms with Crippen LogP contribution in [0.1, 0.15) is 0 Å². The molecular weight excluding hydrogens is 354 g/mol. The van der Waals surface area contributed by atoms with Gasteiger partial charge in [-0.05, 0) is 36.4 Å². The third-order valence-electron chi connectivity index (χ3n) is 3.36. The zero-order valence-corrected chi connectivity index (χ0v) is 14.0. The Kier molecular flexibility index (Phi) is 5.08. The number of hydrogen-bond acceptors (Lipinski definition) is 4. The predicted octanol–water partition coefficient (Wildman–Crippen LogP) is 4.95. The molecule has 0 saturated carbocycles. The highest BCUT2D eigenvalue weighted by Crippen LogP contribution is 2.33. The van der Waals surface area contributed by atoms with Gasteiger partial charge in [-0.2, -0.15) is 0 Å². The van der Waals surface area contributed by atoms with E-state index in [-0.39, 0.29) is 24.5 Å². The molecule has 0 aliphatic carbocycles. The van der Waals surface area contributed by atoms with E-state index in [1.165, 1.54) is 23.5 Å². The van der Waals surface area contributed by atoms with Crippen LogP contribution in [0.4, 0.5) is 8.78 Å². The van der Waals surface area contributed by atoms with E-state index in [9.17, 15) is 8.78 Å². The van der Waals surface area contributed by atoms with Crippen LogP contribution in [-0.4, -0.2) is 18.1 Å². The van der Waals surface area contributed by atoms with Crippen LogP contribution in [0.2, 0.25) is 5.02 Å². The zero-order valence-electron chi connectivity index (χ0n) is 12.4. The number of benzene rings is 2. The van der Waals surface area contributed by atoms with Gasteiger partial charge in [0.05, 0.1) is 16.5 Å². The van der Waals surface area contributed by atoms with Gasteiger partial charge in [0.2, 0.25) is 0 Å². The first kappa shape index (κ1) is 16.8. The molecule has 3 rings (SSSR count). The third-order valence-corrected chi connectivity index (χ3v) is 4.66. The molecule has 3 aromatic rings. The van der Waals surface area contributed by atoms with E-state index in [1.807, 2.05) is 12.1 Å². The van der Waals surface area contributed by atoms with Crippen molar-refractivity contribution in [3.63, 3.8) is 0 Å². The van der Waals surface area contributed by atoms with Gasteiger partial charge in [-0.1, -0.05) is 11.6 Å². The Balaban J connectivity index is 1.85. The molecule has 0 fully saturated rings. The van der Waals surface area contributed by atoms with Crippen molar-refractivity contribution in [3.05, 3.63) is 59.1 Å². The highest BCUT2D eigenvalue weighted by atomic mass is 35.5. The van der Waals surface area contributed by atoms with E-state index in [0.717, 1.165) is 10.2 Å². The summed E-state index contributed by atoms with van der Waals surface area (Å²) >= 11 is 7.39. The van der Waals surface area contributed by atoms with Crippen LogP contribution in [0.3, 0.4) is 0 Å². The predicted molar refractivity (Wildman–Crippen MR) is 93.8 cm³/mol. The number of nitrogens with two attached hydrogens (primary N) is 1. The number of ether oxygens (including phenoxy) is 1. The van der Waals surface area contributed by atoms with Crippen LogP contribution in [0.15, 0.2) is 48.3 Å². The molecule has 3 nitrogen and oxygen atoms in total. The molecule has 124 valence electrons. The lowest BCUT2D eigenvalue weighted by Gasteiger charge is -2.08. The monoisotopic (exact) mass is 366 g/mol. The minimum atomic E-state index is -0.542. The van der Waals surface area contributed by atoms with Crippen molar-refractivity contribution in [1.82, 2.24) is 4.98 Å². The van der Waals surface area contributed by atoms with Gasteiger partial charge >= 0.3 is 0 Å². The standard InChI is InChI=1S/C17H13ClF2N2OS/c18-12-2-3-14-16(6-12)24-17(22-14)11-1-4-15(13(20)5-11)23-9-10(7-19)8-21/h1-7H,8-9,21H2. The molecule has 1 aromatic heterocycles. The fourth-order valence-corrected chi connectivity index (χ4v) is 3.32. The van der Waals surface area contributed by atoms with Crippen LogP contribution in [-0.2, 0) is 0 Å². The maximum Gasteiger partial charge on any atom is 0.165 e. The molecule has 0 amide bonds. The lowest BCUT2D eigenvalue weighted by atomic mass is 10.2. The maximum absolute atomic E-state index is 14.2. The summed E-state index contributed by atoms with van der Waals surface area (Å²) < 4.78 is 32.8. The first-order valence-corrected chi connectivity index (χ1v) is 8.27. The van der Waals surface area contributed by atoms with E-state index >= 15 is 0 Å². The van der Waals surface area contributed by atoms with Crippen LogP contribution in [0.25, 0.3) is 20.8 Å². The Morgan fingerprint density at radius 1 is 1.29 bits per heavy atom. The largest absolute Gasteiger partial charge is 0.486 e. The summed E-state index contributed by atoms with van der Waals surface area (Å²) in [5, 5.41) is 1.31. The highest BCUT2D eigenvalue weighted by molar-refractivity contribution is 7.21. The van der Waals surface area contributed by atoms with Crippen molar-refractivity contribution >= 4 is 33.2 Å². The quantitative estimate of drug-likeness (QED) is 0.695. The number of nitrogens with zero attached hydrogens (tertiary/aromatic N) is 1. The lowest BCUT2D eigenvalue weighted by molar-refractivity contribution is 0.328. The lowest BCUT2D eigenvalue weighted by Crippen LogP contribution is -2.11.